The molecule has 0 aliphatic rings. The molecule has 0 unspecified atom stereocenters. The summed E-state index contributed by atoms with van der Waals surface area (Å²) in [4.78, 5) is 0. The number of ether oxygens (including phenoxy) is 2. The third-order valence-corrected chi connectivity index (χ3v) is 2.74. The average Bonchev–Trinajstić information content (AvgIpc) is 2.48. The molecule has 2 rings (SSSR count). The largest absolute Gasteiger partial charge is 0.491 e. The van der Waals surface area contributed by atoms with Crippen molar-refractivity contribution in [3.05, 3.63) is 47.8 Å². The molecule has 2 aromatic rings. The number of hydrogen-bond acceptors (Lipinski definition) is 4. The Morgan fingerprint density at radius 3 is 2.57 bits per heavy atom. The summed E-state index contributed by atoms with van der Waals surface area (Å²) in [6.07, 6.45) is 0.866. The first-order valence-electron chi connectivity index (χ1n) is 6.54. The van der Waals surface area contributed by atoms with Gasteiger partial charge in [-0.15, -0.1) is 0 Å². The molecule has 0 aromatic heterocycles. The normalized spacial score (nSPS) is 9.95. The Hall–Kier alpha value is -2.74. The minimum Gasteiger partial charge on any atom is -0.491 e. The van der Waals surface area contributed by atoms with E-state index in [9.17, 15) is 4.39 Å². The quantitative estimate of drug-likeness (QED) is 0.847. The standard InChI is InChI=1S/C16H15FN2O2/c1-2-7-20-16-9-13(5-6-15(16)19)21-12-4-3-11(10-18)14(17)8-12/h3-6,8-9H,2,7,19H2,1H3. The zero-order valence-corrected chi connectivity index (χ0v) is 11.6. The molecule has 0 radical (unpaired) electrons. The van der Waals surface area contributed by atoms with Crippen LogP contribution in [0.15, 0.2) is 36.4 Å². The summed E-state index contributed by atoms with van der Waals surface area (Å²) < 4.78 is 24.6. The molecule has 0 aliphatic carbocycles. The van der Waals surface area contributed by atoms with Crippen LogP contribution in [0.5, 0.6) is 17.2 Å². The summed E-state index contributed by atoms with van der Waals surface area (Å²) in [6.45, 7) is 2.55. The van der Waals surface area contributed by atoms with E-state index in [1.54, 1.807) is 24.3 Å². The SMILES string of the molecule is CCCOc1cc(Oc2ccc(C#N)c(F)c2)ccc1N. The van der Waals surface area contributed by atoms with E-state index < -0.39 is 5.82 Å². The molecule has 0 fully saturated rings. The number of nitrogen functional groups attached to an aromatic ring is 1. The molecular weight excluding hydrogens is 271 g/mol. The Labute approximate surface area is 122 Å². The van der Waals surface area contributed by atoms with Gasteiger partial charge in [0.15, 0.2) is 0 Å². The molecule has 0 heterocycles. The van der Waals surface area contributed by atoms with Crippen molar-refractivity contribution in [2.75, 3.05) is 12.3 Å². The van der Waals surface area contributed by atoms with Gasteiger partial charge in [-0.3, -0.25) is 0 Å². The van der Waals surface area contributed by atoms with Crippen LogP contribution in [-0.2, 0) is 0 Å². The van der Waals surface area contributed by atoms with Gasteiger partial charge >= 0.3 is 0 Å². The van der Waals surface area contributed by atoms with Crippen LogP contribution in [0.1, 0.15) is 18.9 Å². The predicted molar refractivity (Wildman–Crippen MR) is 77.8 cm³/mol. The molecule has 2 aromatic carbocycles. The third kappa shape index (κ3) is 3.63. The fourth-order valence-corrected chi connectivity index (χ4v) is 1.70. The van der Waals surface area contributed by atoms with Crippen LogP contribution in [0.2, 0.25) is 0 Å². The van der Waals surface area contributed by atoms with E-state index in [2.05, 4.69) is 0 Å². The second-order valence-corrected chi connectivity index (χ2v) is 4.40. The van der Waals surface area contributed by atoms with Crippen molar-refractivity contribution in [2.45, 2.75) is 13.3 Å². The van der Waals surface area contributed by atoms with Gasteiger partial charge < -0.3 is 15.2 Å². The van der Waals surface area contributed by atoms with Crippen LogP contribution < -0.4 is 15.2 Å². The van der Waals surface area contributed by atoms with Gasteiger partial charge in [-0.2, -0.15) is 5.26 Å². The number of nitrogens with two attached hydrogens (primary N) is 1. The summed E-state index contributed by atoms with van der Waals surface area (Å²) in [7, 11) is 0. The number of benzene rings is 2. The van der Waals surface area contributed by atoms with Crippen molar-refractivity contribution in [1.82, 2.24) is 0 Å². The van der Waals surface area contributed by atoms with Crippen LogP contribution in [0.25, 0.3) is 0 Å². The van der Waals surface area contributed by atoms with Crippen molar-refractivity contribution in [3.8, 4) is 23.3 Å². The van der Waals surface area contributed by atoms with E-state index in [4.69, 9.17) is 20.5 Å². The molecule has 108 valence electrons. The van der Waals surface area contributed by atoms with Gasteiger partial charge in [-0.05, 0) is 30.7 Å². The van der Waals surface area contributed by atoms with Gasteiger partial charge in [0.05, 0.1) is 17.9 Å². The number of nitrogens with zero attached hydrogens (tertiary/aromatic N) is 1. The summed E-state index contributed by atoms with van der Waals surface area (Å²) in [5.74, 6) is 0.702. The van der Waals surface area contributed by atoms with Crippen molar-refractivity contribution >= 4 is 5.69 Å². The number of hydrogen-bond donors (Lipinski definition) is 1. The molecule has 0 amide bonds. The van der Waals surface area contributed by atoms with E-state index in [1.165, 1.54) is 18.2 Å². The maximum atomic E-state index is 13.5. The maximum Gasteiger partial charge on any atom is 0.145 e. The number of nitriles is 1. The smallest absolute Gasteiger partial charge is 0.145 e. The summed E-state index contributed by atoms with van der Waals surface area (Å²) >= 11 is 0. The topological polar surface area (TPSA) is 68.3 Å². The average molecular weight is 286 g/mol. The second kappa shape index (κ2) is 6.62. The Morgan fingerprint density at radius 2 is 1.90 bits per heavy atom. The lowest BCUT2D eigenvalue weighted by Crippen LogP contribution is -1.99. The van der Waals surface area contributed by atoms with Gasteiger partial charge in [0.2, 0.25) is 0 Å². The number of halogens is 1. The zero-order chi connectivity index (χ0) is 15.2. The van der Waals surface area contributed by atoms with E-state index in [0.29, 0.717) is 29.5 Å². The Kier molecular flexibility index (Phi) is 4.62. The zero-order valence-electron chi connectivity index (χ0n) is 11.6. The lowest BCUT2D eigenvalue weighted by atomic mass is 10.2. The van der Waals surface area contributed by atoms with Gasteiger partial charge in [0, 0.05) is 12.1 Å². The molecule has 0 saturated heterocycles. The van der Waals surface area contributed by atoms with Crippen LogP contribution in [0, 0.1) is 17.1 Å². The van der Waals surface area contributed by atoms with Crippen molar-refractivity contribution < 1.29 is 13.9 Å². The molecule has 0 saturated carbocycles. The summed E-state index contributed by atoms with van der Waals surface area (Å²) in [6, 6.07) is 10.8. The van der Waals surface area contributed by atoms with Crippen LogP contribution in [-0.4, -0.2) is 6.61 Å². The van der Waals surface area contributed by atoms with Gasteiger partial charge in [-0.1, -0.05) is 6.92 Å². The molecular formula is C16H15FN2O2. The fraction of sp³-hybridized carbons (Fsp3) is 0.188. The number of rotatable bonds is 5. The highest BCUT2D eigenvalue weighted by atomic mass is 19.1. The van der Waals surface area contributed by atoms with Crippen LogP contribution in [0.3, 0.4) is 0 Å². The molecule has 0 spiro atoms. The predicted octanol–water partition coefficient (Wildman–Crippen LogP) is 3.86. The Bertz CT molecular complexity index is 680. The molecule has 21 heavy (non-hydrogen) atoms. The monoisotopic (exact) mass is 286 g/mol. The minimum absolute atomic E-state index is 0.0216. The summed E-state index contributed by atoms with van der Waals surface area (Å²) in [5.41, 5.74) is 6.30. The molecule has 2 N–H and O–H groups in total. The number of anilines is 1. The molecule has 0 bridgehead atoms. The van der Waals surface area contributed by atoms with E-state index in [1.807, 2.05) is 6.92 Å². The second-order valence-electron chi connectivity index (χ2n) is 4.40. The molecule has 0 atom stereocenters. The van der Waals surface area contributed by atoms with Gasteiger partial charge in [0.1, 0.15) is 29.1 Å². The highest BCUT2D eigenvalue weighted by molar-refractivity contribution is 5.56. The first-order chi connectivity index (χ1) is 10.1. The lowest BCUT2D eigenvalue weighted by Gasteiger charge is -2.11. The van der Waals surface area contributed by atoms with Crippen molar-refractivity contribution in [1.29, 1.82) is 5.26 Å². The lowest BCUT2D eigenvalue weighted by molar-refractivity contribution is 0.317. The molecule has 4 nitrogen and oxygen atoms in total. The first kappa shape index (κ1) is 14.7. The Balaban J connectivity index is 2.19. The maximum absolute atomic E-state index is 13.5. The summed E-state index contributed by atoms with van der Waals surface area (Å²) in [5, 5.41) is 8.69. The first-order valence-corrected chi connectivity index (χ1v) is 6.54. The molecule has 0 aliphatic heterocycles. The highest BCUT2D eigenvalue weighted by Crippen LogP contribution is 2.30. The third-order valence-electron chi connectivity index (χ3n) is 2.74. The van der Waals surface area contributed by atoms with Gasteiger partial charge in [-0.25, -0.2) is 4.39 Å². The highest BCUT2D eigenvalue weighted by Gasteiger charge is 2.07. The van der Waals surface area contributed by atoms with Crippen LogP contribution >= 0.6 is 0 Å². The minimum atomic E-state index is -0.618. The van der Waals surface area contributed by atoms with Crippen molar-refractivity contribution in [2.24, 2.45) is 0 Å². The molecule has 5 heteroatoms. The van der Waals surface area contributed by atoms with Crippen molar-refractivity contribution in [3.63, 3.8) is 0 Å². The van der Waals surface area contributed by atoms with Gasteiger partial charge in [0.25, 0.3) is 0 Å². The Morgan fingerprint density at radius 1 is 1.19 bits per heavy atom. The van der Waals surface area contributed by atoms with Crippen LogP contribution in [0.4, 0.5) is 10.1 Å². The fourth-order valence-electron chi connectivity index (χ4n) is 1.70. The van der Waals surface area contributed by atoms with E-state index in [0.717, 1.165) is 6.42 Å². The van der Waals surface area contributed by atoms with E-state index in [-0.39, 0.29) is 5.56 Å². The van der Waals surface area contributed by atoms with E-state index >= 15 is 0 Å².